The maximum absolute atomic E-state index is 13.0. The molecule has 148 valence electrons. The Hall–Kier alpha value is -2.17. The van der Waals surface area contributed by atoms with Crippen LogP contribution in [0.25, 0.3) is 0 Å². The second kappa shape index (κ2) is 8.68. The summed E-state index contributed by atoms with van der Waals surface area (Å²) in [6.07, 6.45) is 4.22. The Morgan fingerprint density at radius 3 is 2.41 bits per heavy atom. The van der Waals surface area contributed by atoms with Crippen LogP contribution in [0.2, 0.25) is 0 Å². The van der Waals surface area contributed by atoms with Crippen molar-refractivity contribution in [2.75, 3.05) is 6.54 Å². The van der Waals surface area contributed by atoms with Gasteiger partial charge in [0.15, 0.2) is 0 Å². The van der Waals surface area contributed by atoms with E-state index in [-0.39, 0.29) is 0 Å². The van der Waals surface area contributed by atoms with Crippen molar-refractivity contribution < 1.29 is 19.5 Å². The zero-order valence-electron chi connectivity index (χ0n) is 16.7. The van der Waals surface area contributed by atoms with Crippen molar-refractivity contribution in [2.24, 2.45) is 5.41 Å². The molecule has 0 bridgehead atoms. The maximum Gasteiger partial charge on any atom is 0.329 e. The fourth-order valence-corrected chi connectivity index (χ4v) is 3.72. The molecule has 1 aromatic rings. The molecule has 27 heavy (non-hydrogen) atoms. The number of carbonyl (C=O) groups excluding carboxylic acids is 2. The number of amides is 1. The minimum Gasteiger partial charge on any atom is -0.479 e. The lowest BCUT2D eigenvalue weighted by Crippen LogP contribution is -2.61. The highest BCUT2D eigenvalue weighted by molar-refractivity contribution is 6.38. The summed E-state index contributed by atoms with van der Waals surface area (Å²) in [5.41, 5.74) is -0.901. The minimum atomic E-state index is -1.27. The quantitative estimate of drug-likeness (QED) is 0.702. The lowest BCUT2D eigenvalue weighted by atomic mass is 9.79. The zero-order chi connectivity index (χ0) is 20.1. The molecule has 5 nitrogen and oxygen atoms in total. The summed E-state index contributed by atoms with van der Waals surface area (Å²) < 4.78 is 0. The van der Waals surface area contributed by atoms with Crippen LogP contribution in [0.3, 0.4) is 0 Å². The third-order valence-corrected chi connectivity index (χ3v) is 5.97. The summed E-state index contributed by atoms with van der Waals surface area (Å²) in [7, 11) is 0. The summed E-state index contributed by atoms with van der Waals surface area (Å²) in [5.74, 6) is -2.12. The molecular weight excluding hydrogens is 342 g/mol. The van der Waals surface area contributed by atoms with Crippen molar-refractivity contribution in [3.05, 3.63) is 35.9 Å². The first-order valence-electron chi connectivity index (χ1n) is 9.88. The Bertz CT molecular complexity index is 683. The predicted octanol–water partition coefficient (Wildman–Crippen LogP) is 3.85. The third kappa shape index (κ3) is 4.57. The SMILES string of the molecule is CCC(C)(C)C(=O)C(=O)N1CCCC[C@@]1(CCCc1ccccc1)C(=O)O. The molecule has 1 saturated heterocycles. The average Bonchev–Trinajstić information content (AvgIpc) is 2.67. The van der Waals surface area contributed by atoms with Crippen LogP contribution in [-0.4, -0.2) is 39.7 Å². The molecule has 1 atom stereocenters. The normalized spacial score (nSPS) is 20.3. The summed E-state index contributed by atoms with van der Waals surface area (Å²) >= 11 is 0. The Morgan fingerprint density at radius 1 is 1.15 bits per heavy atom. The van der Waals surface area contributed by atoms with Crippen LogP contribution < -0.4 is 0 Å². The van der Waals surface area contributed by atoms with Gasteiger partial charge in [-0.25, -0.2) is 4.79 Å². The van der Waals surface area contributed by atoms with E-state index in [1.807, 2.05) is 37.3 Å². The number of Topliss-reactive ketones (excluding diaryl/α,β-unsaturated/α-hetero) is 1. The van der Waals surface area contributed by atoms with Gasteiger partial charge < -0.3 is 10.0 Å². The van der Waals surface area contributed by atoms with Crippen molar-refractivity contribution in [2.45, 2.75) is 71.3 Å². The Labute approximate surface area is 161 Å². The first-order valence-corrected chi connectivity index (χ1v) is 9.88. The number of nitrogens with zero attached hydrogens (tertiary/aromatic N) is 1. The van der Waals surface area contributed by atoms with Crippen molar-refractivity contribution in [3.8, 4) is 0 Å². The second-order valence-electron chi connectivity index (χ2n) is 8.16. The molecular formula is C22H31NO4. The Balaban J connectivity index is 2.21. The molecule has 1 fully saturated rings. The lowest BCUT2D eigenvalue weighted by Gasteiger charge is -2.44. The molecule has 1 amide bonds. The first-order chi connectivity index (χ1) is 12.7. The van der Waals surface area contributed by atoms with E-state index in [0.29, 0.717) is 32.2 Å². The topological polar surface area (TPSA) is 74.7 Å². The smallest absolute Gasteiger partial charge is 0.329 e. The zero-order valence-corrected chi connectivity index (χ0v) is 16.7. The van der Waals surface area contributed by atoms with Gasteiger partial charge in [0, 0.05) is 12.0 Å². The number of rotatable bonds is 8. The molecule has 0 aliphatic carbocycles. The molecule has 1 N–H and O–H groups in total. The van der Waals surface area contributed by atoms with E-state index >= 15 is 0 Å². The van der Waals surface area contributed by atoms with E-state index in [1.165, 1.54) is 4.90 Å². The Morgan fingerprint density at radius 2 is 1.81 bits per heavy atom. The molecule has 0 saturated carbocycles. The van der Waals surface area contributed by atoms with Crippen molar-refractivity contribution in [1.82, 2.24) is 4.90 Å². The summed E-state index contributed by atoms with van der Waals surface area (Å²) in [6.45, 7) is 5.69. The van der Waals surface area contributed by atoms with E-state index < -0.39 is 28.6 Å². The van der Waals surface area contributed by atoms with Crippen LogP contribution in [0.4, 0.5) is 0 Å². The number of carboxylic acid groups (broad SMARTS) is 1. The molecule has 1 aliphatic rings. The van der Waals surface area contributed by atoms with Gasteiger partial charge in [-0.15, -0.1) is 0 Å². The summed E-state index contributed by atoms with van der Waals surface area (Å²) in [5, 5.41) is 10.0. The number of likely N-dealkylation sites (tertiary alicyclic amines) is 1. The van der Waals surface area contributed by atoms with E-state index in [2.05, 4.69) is 0 Å². The molecule has 5 heteroatoms. The number of benzene rings is 1. The van der Waals surface area contributed by atoms with Gasteiger partial charge in [-0.1, -0.05) is 51.1 Å². The number of hydrogen-bond acceptors (Lipinski definition) is 3. The van der Waals surface area contributed by atoms with Crippen LogP contribution in [0.15, 0.2) is 30.3 Å². The number of aryl methyl sites for hydroxylation is 1. The Kier molecular flexibility index (Phi) is 6.79. The fourth-order valence-electron chi connectivity index (χ4n) is 3.72. The highest BCUT2D eigenvalue weighted by Gasteiger charge is 2.50. The fraction of sp³-hybridized carbons (Fsp3) is 0.591. The number of aliphatic carboxylic acids is 1. The van der Waals surface area contributed by atoms with Crippen molar-refractivity contribution >= 4 is 17.7 Å². The number of hydrogen-bond donors (Lipinski definition) is 1. The van der Waals surface area contributed by atoms with Gasteiger partial charge in [-0.3, -0.25) is 9.59 Å². The molecule has 0 unspecified atom stereocenters. The largest absolute Gasteiger partial charge is 0.479 e. The molecule has 2 rings (SSSR count). The van der Waals surface area contributed by atoms with E-state index in [9.17, 15) is 19.5 Å². The van der Waals surface area contributed by atoms with Crippen LogP contribution >= 0.6 is 0 Å². The lowest BCUT2D eigenvalue weighted by molar-refractivity contribution is -0.167. The van der Waals surface area contributed by atoms with E-state index in [4.69, 9.17) is 0 Å². The van der Waals surface area contributed by atoms with Gasteiger partial charge in [0.25, 0.3) is 5.91 Å². The third-order valence-electron chi connectivity index (χ3n) is 5.97. The summed E-state index contributed by atoms with van der Waals surface area (Å²) in [6, 6.07) is 9.91. The summed E-state index contributed by atoms with van der Waals surface area (Å²) in [4.78, 5) is 39.3. The van der Waals surface area contributed by atoms with Gasteiger partial charge in [0.2, 0.25) is 5.78 Å². The van der Waals surface area contributed by atoms with Crippen LogP contribution in [0, 0.1) is 5.41 Å². The van der Waals surface area contributed by atoms with Crippen molar-refractivity contribution in [1.29, 1.82) is 0 Å². The van der Waals surface area contributed by atoms with E-state index in [0.717, 1.165) is 24.8 Å². The highest BCUT2D eigenvalue weighted by atomic mass is 16.4. The van der Waals surface area contributed by atoms with Gasteiger partial charge in [-0.2, -0.15) is 0 Å². The second-order valence-corrected chi connectivity index (χ2v) is 8.16. The van der Waals surface area contributed by atoms with Crippen LogP contribution in [0.5, 0.6) is 0 Å². The predicted molar refractivity (Wildman–Crippen MR) is 104 cm³/mol. The minimum absolute atomic E-state index is 0.335. The standard InChI is InChI=1S/C22H31NO4/c1-4-21(2,3)18(24)19(25)23-16-9-8-14-22(23,20(26)27)15-10-13-17-11-6-5-7-12-17/h5-7,11-12H,4,8-10,13-16H2,1-3H3,(H,26,27)/t22-/m1/s1. The average molecular weight is 373 g/mol. The first kappa shape index (κ1) is 21.1. The highest BCUT2D eigenvalue weighted by Crippen LogP contribution is 2.35. The number of ketones is 1. The maximum atomic E-state index is 13.0. The van der Waals surface area contributed by atoms with Crippen LogP contribution in [0.1, 0.15) is 64.9 Å². The van der Waals surface area contributed by atoms with Gasteiger partial charge in [0.1, 0.15) is 5.54 Å². The van der Waals surface area contributed by atoms with E-state index in [1.54, 1.807) is 13.8 Å². The molecule has 0 aromatic heterocycles. The van der Waals surface area contributed by atoms with Gasteiger partial charge >= 0.3 is 5.97 Å². The number of carboxylic acids is 1. The number of carbonyl (C=O) groups is 3. The molecule has 1 aliphatic heterocycles. The monoisotopic (exact) mass is 373 g/mol. The molecule has 0 spiro atoms. The van der Waals surface area contributed by atoms with Gasteiger partial charge in [-0.05, 0) is 50.5 Å². The van der Waals surface area contributed by atoms with Crippen molar-refractivity contribution in [3.63, 3.8) is 0 Å². The molecule has 0 radical (unpaired) electrons. The number of piperidine rings is 1. The van der Waals surface area contributed by atoms with Crippen LogP contribution in [-0.2, 0) is 20.8 Å². The van der Waals surface area contributed by atoms with Gasteiger partial charge in [0.05, 0.1) is 0 Å². The molecule has 1 aromatic carbocycles. The molecule has 1 heterocycles.